The van der Waals surface area contributed by atoms with Crippen molar-refractivity contribution < 1.29 is 8.42 Å². The highest BCUT2D eigenvalue weighted by Crippen LogP contribution is 2.19. The Morgan fingerprint density at radius 1 is 1.40 bits per heavy atom. The molecule has 0 saturated heterocycles. The van der Waals surface area contributed by atoms with Crippen molar-refractivity contribution in [2.75, 3.05) is 19.6 Å². The molecule has 0 unspecified atom stereocenters. The van der Waals surface area contributed by atoms with Crippen molar-refractivity contribution in [2.45, 2.75) is 31.8 Å². The zero-order valence-corrected chi connectivity index (χ0v) is 12.8. The van der Waals surface area contributed by atoms with E-state index in [0.717, 1.165) is 24.1 Å². The number of aromatic nitrogens is 1. The van der Waals surface area contributed by atoms with Crippen molar-refractivity contribution in [3.05, 3.63) is 35.5 Å². The van der Waals surface area contributed by atoms with Gasteiger partial charge >= 0.3 is 0 Å². The van der Waals surface area contributed by atoms with Crippen molar-refractivity contribution in [1.82, 2.24) is 14.6 Å². The molecule has 0 bridgehead atoms. The molecule has 1 aliphatic heterocycles. The quantitative estimate of drug-likeness (QED) is 0.837. The molecule has 1 aliphatic rings. The van der Waals surface area contributed by atoms with E-state index in [2.05, 4.69) is 16.4 Å². The van der Waals surface area contributed by atoms with Crippen LogP contribution < -0.4 is 5.32 Å². The summed E-state index contributed by atoms with van der Waals surface area (Å²) < 4.78 is 26.5. The molecule has 2 heterocycles. The van der Waals surface area contributed by atoms with Crippen LogP contribution in [0.25, 0.3) is 0 Å². The molecular formula is C14H21N3O2S. The second kappa shape index (κ2) is 6.47. The average molecular weight is 295 g/mol. The van der Waals surface area contributed by atoms with Crippen LogP contribution >= 0.6 is 0 Å². The Bertz CT molecular complexity index is 579. The minimum Gasteiger partial charge on any atom is -0.313 e. The lowest BCUT2D eigenvalue weighted by Crippen LogP contribution is -2.35. The Morgan fingerprint density at radius 2 is 2.20 bits per heavy atom. The highest BCUT2D eigenvalue weighted by Gasteiger charge is 2.26. The van der Waals surface area contributed by atoms with Gasteiger partial charge in [0.25, 0.3) is 10.0 Å². The topological polar surface area (TPSA) is 62.3 Å². The molecule has 2 rings (SSSR count). The SMILES string of the molecule is CCNCc1ccc(S(=O)(=O)N2CCC=C(C)C2)nc1. The maximum atomic E-state index is 12.5. The van der Waals surface area contributed by atoms with E-state index < -0.39 is 10.0 Å². The van der Waals surface area contributed by atoms with Gasteiger partial charge in [-0.05, 0) is 31.5 Å². The van der Waals surface area contributed by atoms with Crippen LogP contribution in [0.15, 0.2) is 35.0 Å². The Hall–Kier alpha value is -1.24. The number of hydrogen-bond donors (Lipinski definition) is 1. The smallest absolute Gasteiger partial charge is 0.260 e. The molecule has 6 heteroatoms. The minimum absolute atomic E-state index is 0.132. The van der Waals surface area contributed by atoms with E-state index in [1.807, 2.05) is 19.9 Å². The second-order valence-corrected chi connectivity index (χ2v) is 6.85. The zero-order chi connectivity index (χ0) is 14.6. The van der Waals surface area contributed by atoms with Gasteiger partial charge in [0.05, 0.1) is 0 Å². The fraction of sp³-hybridized carbons (Fsp3) is 0.500. The van der Waals surface area contributed by atoms with Gasteiger partial charge in [0.15, 0.2) is 5.03 Å². The van der Waals surface area contributed by atoms with Gasteiger partial charge in [0, 0.05) is 25.8 Å². The van der Waals surface area contributed by atoms with Crippen LogP contribution in [-0.2, 0) is 16.6 Å². The summed E-state index contributed by atoms with van der Waals surface area (Å²) >= 11 is 0. The average Bonchev–Trinajstić information content (AvgIpc) is 2.45. The summed E-state index contributed by atoms with van der Waals surface area (Å²) in [5, 5.41) is 3.32. The molecule has 110 valence electrons. The predicted octanol–water partition coefficient (Wildman–Crippen LogP) is 1.53. The van der Waals surface area contributed by atoms with Crippen molar-refractivity contribution >= 4 is 10.0 Å². The summed E-state index contributed by atoms with van der Waals surface area (Å²) in [6.07, 6.45) is 4.48. The molecule has 0 saturated carbocycles. The largest absolute Gasteiger partial charge is 0.313 e. The van der Waals surface area contributed by atoms with Gasteiger partial charge in [0.1, 0.15) is 0 Å². The van der Waals surface area contributed by atoms with Crippen LogP contribution in [0.1, 0.15) is 25.8 Å². The van der Waals surface area contributed by atoms with Crippen LogP contribution in [0, 0.1) is 0 Å². The van der Waals surface area contributed by atoms with Crippen molar-refractivity contribution in [3.63, 3.8) is 0 Å². The van der Waals surface area contributed by atoms with E-state index in [4.69, 9.17) is 0 Å². The maximum absolute atomic E-state index is 12.5. The van der Waals surface area contributed by atoms with E-state index in [0.29, 0.717) is 19.6 Å². The highest BCUT2D eigenvalue weighted by molar-refractivity contribution is 7.89. The van der Waals surface area contributed by atoms with Crippen molar-refractivity contribution in [3.8, 4) is 0 Å². The van der Waals surface area contributed by atoms with Crippen LogP contribution in [0.4, 0.5) is 0 Å². The zero-order valence-electron chi connectivity index (χ0n) is 12.0. The van der Waals surface area contributed by atoms with Gasteiger partial charge in [-0.2, -0.15) is 4.31 Å². The third-order valence-electron chi connectivity index (χ3n) is 3.28. The van der Waals surface area contributed by atoms with E-state index in [9.17, 15) is 8.42 Å². The molecule has 0 aromatic carbocycles. The van der Waals surface area contributed by atoms with Gasteiger partial charge in [-0.1, -0.05) is 24.6 Å². The fourth-order valence-electron chi connectivity index (χ4n) is 2.15. The van der Waals surface area contributed by atoms with Crippen LogP contribution in [-0.4, -0.2) is 37.3 Å². The third-order valence-corrected chi connectivity index (χ3v) is 5.04. The maximum Gasteiger partial charge on any atom is 0.260 e. The lowest BCUT2D eigenvalue weighted by Gasteiger charge is -2.24. The van der Waals surface area contributed by atoms with E-state index in [1.54, 1.807) is 12.3 Å². The third kappa shape index (κ3) is 3.45. The first kappa shape index (κ1) is 15.2. The molecule has 0 amide bonds. The Morgan fingerprint density at radius 3 is 2.80 bits per heavy atom. The molecule has 1 aromatic rings. The number of rotatable bonds is 5. The molecule has 0 radical (unpaired) electrons. The Balaban J connectivity index is 2.15. The standard InChI is InChI=1S/C14H21N3O2S/c1-3-15-9-13-6-7-14(16-10-13)20(18,19)17-8-4-5-12(2)11-17/h5-7,10,15H,3-4,8-9,11H2,1-2H3. The first-order valence-corrected chi connectivity index (χ1v) is 8.29. The molecule has 1 aromatic heterocycles. The summed E-state index contributed by atoms with van der Waals surface area (Å²) in [5.41, 5.74) is 2.07. The minimum atomic E-state index is -3.47. The number of hydrogen-bond acceptors (Lipinski definition) is 4. The normalized spacial score (nSPS) is 17.0. The highest BCUT2D eigenvalue weighted by atomic mass is 32.2. The van der Waals surface area contributed by atoms with E-state index in [1.165, 1.54) is 4.31 Å². The Labute approximate surface area is 120 Å². The van der Waals surface area contributed by atoms with Gasteiger partial charge in [-0.15, -0.1) is 0 Å². The summed E-state index contributed by atoms with van der Waals surface area (Å²) in [7, 11) is -3.47. The summed E-state index contributed by atoms with van der Waals surface area (Å²) in [5.74, 6) is 0. The number of sulfonamides is 1. The monoisotopic (exact) mass is 295 g/mol. The molecular weight excluding hydrogens is 274 g/mol. The first-order valence-electron chi connectivity index (χ1n) is 6.85. The molecule has 0 atom stereocenters. The number of pyridine rings is 1. The molecule has 0 fully saturated rings. The molecule has 0 spiro atoms. The lowest BCUT2D eigenvalue weighted by atomic mass is 10.2. The molecule has 0 aliphatic carbocycles. The fourth-order valence-corrected chi connectivity index (χ4v) is 3.56. The van der Waals surface area contributed by atoms with E-state index >= 15 is 0 Å². The predicted molar refractivity (Wildman–Crippen MR) is 78.8 cm³/mol. The van der Waals surface area contributed by atoms with Gasteiger partial charge in [-0.3, -0.25) is 0 Å². The van der Waals surface area contributed by atoms with Crippen molar-refractivity contribution in [2.24, 2.45) is 0 Å². The van der Waals surface area contributed by atoms with Crippen LogP contribution in [0.5, 0.6) is 0 Å². The number of nitrogens with zero attached hydrogens (tertiary/aromatic N) is 2. The van der Waals surface area contributed by atoms with Crippen molar-refractivity contribution in [1.29, 1.82) is 0 Å². The van der Waals surface area contributed by atoms with E-state index in [-0.39, 0.29) is 5.03 Å². The van der Waals surface area contributed by atoms with Gasteiger partial charge < -0.3 is 5.32 Å². The van der Waals surface area contributed by atoms with Crippen LogP contribution in [0.3, 0.4) is 0 Å². The molecule has 5 nitrogen and oxygen atoms in total. The van der Waals surface area contributed by atoms with Gasteiger partial charge in [-0.25, -0.2) is 13.4 Å². The number of nitrogens with one attached hydrogen (secondary N) is 1. The molecule has 20 heavy (non-hydrogen) atoms. The summed E-state index contributed by atoms with van der Waals surface area (Å²) in [6.45, 7) is 6.55. The van der Waals surface area contributed by atoms with Crippen LogP contribution in [0.2, 0.25) is 0 Å². The second-order valence-electron chi connectivity index (χ2n) is 4.96. The summed E-state index contributed by atoms with van der Waals surface area (Å²) in [4.78, 5) is 4.11. The molecule has 1 N–H and O–H groups in total. The Kier molecular flexibility index (Phi) is 4.91. The first-order chi connectivity index (χ1) is 9.54. The van der Waals surface area contributed by atoms with Gasteiger partial charge in [0.2, 0.25) is 0 Å². The summed E-state index contributed by atoms with van der Waals surface area (Å²) in [6, 6.07) is 3.41. The lowest BCUT2D eigenvalue weighted by molar-refractivity contribution is 0.425.